The normalized spacial score (nSPS) is 10.9. The zero-order valence-electron chi connectivity index (χ0n) is 17.9. The molecule has 0 bridgehead atoms. The summed E-state index contributed by atoms with van der Waals surface area (Å²) in [6.45, 7) is 0.314. The van der Waals surface area contributed by atoms with Crippen molar-refractivity contribution < 1.29 is 8.78 Å². The number of halogens is 2. The Balaban J connectivity index is 1.51. The molecule has 2 aromatic carbocycles. The molecular weight excluding hydrogens is 436 g/mol. The average Bonchev–Trinajstić information content (AvgIpc) is 3.28. The largest absolute Gasteiger partial charge is 0.396 e. The standard InChI is InChI=1S/C25H19F2N7/c26-18-7-5-16(6-8-18)23-10-9-20(15-29-23)34-24(21-3-1-2-4-22(21)27)17(12-33-34)11-30-25-31-13-19(28)14-32-25/h1-10,12-15H,11,28H2,(H,30,31,32). The monoisotopic (exact) mass is 455 g/mol. The molecule has 34 heavy (non-hydrogen) atoms. The van der Waals surface area contributed by atoms with E-state index in [4.69, 9.17) is 5.73 Å². The third-order valence-corrected chi connectivity index (χ3v) is 5.22. The van der Waals surface area contributed by atoms with Gasteiger partial charge >= 0.3 is 0 Å². The molecule has 0 saturated carbocycles. The lowest BCUT2D eigenvalue weighted by molar-refractivity contribution is 0.628. The van der Waals surface area contributed by atoms with Crippen LogP contribution in [0.5, 0.6) is 0 Å². The minimum atomic E-state index is -0.370. The minimum Gasteiger partial charge on any atom is -0.396 e. The quantitative estimate of drug-likeness (QED) is 0.380. The Morgan fingerprint density at radius 1 is 0.824 bits per heavy atom. The van der Waals surface area contributed by atoms with E-state index in [0.717, 1.165) is 11.1 Å². The Bertz CT molecular complexity index is 1410. The van der Waals surface area contributed by atoms with Crippen molar-refractivity contribution in [3.8, 4) is 28.2 Å². The van der Waals surface area contributed by atoms with Gasteiger partial charge in [-0.2, -0.15) is 5.10 Å². The fourth-order valence-corrected chi connectivity index (χ4v) is 3.55. The van der Waals surface area contributed by atoms with Crippen molar-refractivity contribution in [3.05, 3.63) is 103 Å². The second kappa shape index (κ2) is 9.07. The van der Waals surface area contributed by atoms with Gasteiger partial charge in [-0.05, 0) is 48.5 Å². The first-order valence-corrected chi connectivity index (χ1v) is 10.4. The molecule has 5 aromatic rings. The lowest BCUT2D eigenvalue weighted by Crippen LogP contribution is -2.06. The zero-order chi connectivity index (χ0) is 23.5. The molecule has 9 heteroatoms. The maximum absolute atomic E-state index is 14.8. The maximum Gasteiger partial charge on any atom is 0.222 e. The molecule has 168 valence electrons. The Kier molecular flexibility index (Phi) is 5.65. The molecule has 0 aliphatic heterocycles. The molecule has 5 rings (SSSR count). The number of nitrogens with two attached hydrogens (primary N) is 1. The van der Waals surface area contributed by atoms with Gasteiger partial charge in [0.2, 0.25) is 5.95 Å². The minimum absolute atomic E-state index is 0.308. The fourth-order valence-electron chi connectivity index (χ4n) is 3.55. The highest BCUT2D eigenvalue weighted by Crippen LogP contribution is 2.30. The molecule has 3 N–H and O–H groups in total. The highest BCUT2D eigenvalue weighted by Gasteiger charge is 2.18. The third kappa shape index (κ3) is 4.31. The molecular formula is C25H19F2N7. The van der Waals surface area contributed by atoms with Crippen LogP contribution >= 0.6 is 0 Å². The molecule has 0 aliphatic rings. The van der Waals surface area contributed by atoms with E-state index in [2.05, 4.69) is 25.4 Å². The number of aromatic nitrogens is 5. The van der Waals surface area contributed by atoms with Crippen LogP contribution in [0.15, 0.2) is 85.5 Å². The van der Waals surface area contributed by atoms with Gasteiger partial charge in [0, 0.05) is 23.2 Å². The van der Waals surface area contributed by atoms with Gasteiger partial charge in [-0.25, -0.2) is 23.4 Å². The lowest BCUT2D eigenvalue weighted by atomic mass is 10.1. The first-order chi connectivity index (χ1) is 16.6. The Hall–Kier alpha value is -4.66. The molecule has 3 heterocycles. The van der Waals surface area contributed by atoms with Crippen LogP contribution < -0.4 is 11.1 Å². The summed E-state index contributed by atoms with van der Waals surface area (Å²) in [5, 5.41) is 7.62. The van der Waals surface area contributed by atoms with Crippen molar-refractivity contribution >= 4 is 11.6 Å². The van der Waals surface area contributed by atoms with Gasteiger partial charge in [-0.3, -0.25) is 4.98 Å². The SMILES string of the molecule is Nc1cnc(NCc2cnn(-c3ccc(-c4ccc(F)cc4)nc3)c2-c2ccccc2F)nc1. The average molecular weight is 455 g/mol. The van der Waals surface area contributed by atoms with Crippen LogP contribution in [0.25, 0.3) is 28.2 Å². The van der Waals surface area contributed by atoms with E-state index in [9.17, 15) is 8.78 Å². The Morgan fingerprint density at radius 3 is 2.29 bits per heavy atom. The van der Waals surface area contributed by atoms with Gasteiger partial charge < -0.3 is 11.1 Å². The maximum atomic E-state index is 14.8. The third-order valence-electron chi connectivity index (χ3n) is 5.22. The highest BCUT2D eigenvalue weighted by molar-refractivity contribution is 5.67. The van der Waals surface area contributed by atoms with Crippen LogP contribution in [0, 0.1) is 11.6 Å². The number of hydrogen-bond donors (Lipinski definition) is 2. The number of pyridine rings is 1. The molecule has 0 atom stereocenters. The Labute approximate surface area is 194 Å². The number of rotatable bonds is 6. The molecule has 0 aliphatic carbocycles. The number of anilines is 2. The van der Waals surface area contributed by atoms with E-state index in [0.29, 0.717) is 40.8 Å². The predicted molar refractivity (Wildman–Crippen MR) is 126 cm³/mol. The van der Waals surface area contributed by atoms with Gasteiger partial charge in [0.25, 0.3) is 0 Å². The first kappa shape index (κ1) is 21.2. The number of hydrogen-bond acceptors (Lipinski definition) is 6. The van der Waals surface area contributed by atoms with E-state index < -0.39 is 0 Å². The van der Waals surface area contributed by atoms with Crippen molar-refractivity contribution in [2.24, 2.45) is 0 Å². The predicted octanol–water partition coefficient (Wildman–Crippen LogP) is 4.86. The second-order valence-electron chi connectivity index (χ2n) is 7.51. The second-order valence-corrected chi connectivity index (χ2v) is 7.51. The number of nitrogens with one attached hydrogen (secondary N) is 1. The van der Waals surface area contributed by atoms with Crippen LogP contribution in [0.3, 0.4) is 0 Å². The van der Waals surface area contributed by atoms with E-state index >= 15 is 0 Å². The molecule has 3 aromatic heterocycles. The van der Waals surface area contributed by atoms with Crippen molar-refractivity contribution in [2.45, 2.75) is 6.54 Å². The smallest absolute Gasteiger partial charge is 0.222 e. The summed E-state index contributed by atoms with van der Waals surface area (Å²) in [5.41, 5.74) is 9.95. The molecule has 0 amide bonds. The molecule has 0 fully saturated rings. The van der Waals surface area contributed by atoms with Gasteiger partial charge in [0.1, 0.15) is 11.6 Å². The van der Waals surface area contributed by atoms with Gasteiger partial charge in [-0.15, -0.1) is 0 Å². The molecule has 0 unspecified atom stereocenters. The topological polar surface area (TPSA) is 94.5 Å². The van der Waals surface area contributed by atoms with Crippen molar-refractivity contribution in [1.82, 2.24) is 24.7 Å². The highest BCUT2D eigenvalue weighted by atomic mass is 19.1. The lowest BCUT2D eigenvalue weighted by Gasteiger charge is -2.12. The Morgan fingerprint density at radius 2 is 1.59 bits per heavy atom. The van der Waals surface area contributed by atoms with Crippen molar-refractivity contribution in [2.75, 3.05) is 11.1 Å². The molecule has 0 radical (unpaired) electrons. The van der Waals surface area contributed by atoms with Crippen LogP contribution in [0.1, 0.15) is 5.56 Å². The number of nitrogen functional groups attached to an aromatic ring is 1. The zero-order valence-corrected chi connectivity index (χ0v) is 17.9. The number of benzene rings is 2. The van der Waals surface area contributed by atoms with Crippen LogP contribution in [-0.4, -0.2) is 24.7 Å². The molecule has 0 saturated heterocycles. The summed E-state index contributed by atoms with van der Waals surface area (Å²) >= 11 is 0. The van der Waals surface area contributed by atoms with Crippen molar-refractivity contribution in [1.29, 1.82) is 0 Å². The fraction of sp³-hybridized carbons (Fsp3) is 0.0400. The molecule has 7 nitrogen and oxygen atoms in total. The summed E-state index contributed by atoms with van der Waals surface area (Å²) in [6.07, 6.45) is 6.33. The summed E-state index contributed by atoms with van der Waals surface area (Å²) < 4.78 is 29.7. The summed E-state index contributed by atoms with van der Waals surface area (Å²) in [7, 11) is 0. The summed E-state index contributed by atoms with van der Waals surface area (Å²) in [5.74, 6) is -0.283. The van der Waals surface area contributed by atoms with E-state index in [1.54, 1.807) is 47.4 Å². The molecule has 0 spiro atoms. The number of nitrogens with zero attached hydrogens (tertiary/aromatic N) is 5. The van der Waals surface area contributed by atoms with Crippen LogP contribution in [0.4, 0.5) is 20.4 Å². The van der Waals surface area contributed by atoms with Gasteiger partial charge in [0.05, 0.1) is 47.6 Å². The summed E-state index contributed by atoms with van der Waals surface area (Å²) in [4.78, 5) is 12.8. The van der Waals surface area contributed by atoms with Gasteiger partial charge in [0.15, 0.2) is 0 Å². The van der Waals surface area contributed by atoms with E-state index in [-0.39, 0.29) is 11.6 Å². The first-order valence-electron chi connectivity index (χ1n) is 10.4. The van der Waals surface area contributed by atoms with Gasteiger partial charge in [-0.1, -0.05) is 12.1 Å². The van der Waals surface area contributed by atoms with Crippen molar-refractivity contribution in [3.63, 3.8) is 0 Å². The van der Waals surface area contributed by atoms with E-state index in [1.165, 1.54) is 30.6 Å². The van der Waals surface area contributed by atoms with Crippen LogP contribution in [-0.2, 0) is 6.54 Å². The van der Waals surface area contributed by atoms with E-state index in [1.807, 2.05) is 12.1 Å². The van der Waals surface area contributed by atoms with Crippen LogP contribution in [0.2, 0.25) is 0 Å². The summed E-state index contributed by atoms with van der Waals surface area (Å²) in [6, 6.07) is 16.3.